The smallest absolute Gasteiger partial charge is 0.239 e. The molecule has 0 aromatic carbocycles. The minimum atomic E-state index is -0.887. The Labute approximate surface area is 128 Å². The van der Waals surface area contributed by atoms with Gasteiger partial charge in [0, 0.05) is 25.3 Å². The Balaban J connectivity index is 1.53. The number of nitriles is 1. The first-order valence-electron chi connectivity index (χ1n) is 7.44. The Hall–Kier alpha value is -2.20. The summed E-state index contributed by atoms with van der Waals surface area (Å²) in [6.07, 6.45) is 1.71. The number of hydrogen-bond acceptors (Lipinski definition) is 5. The van der Waals surface area contributed by atoms with Crippen molar-refractivity contribution in [1.29, 1.82) is 5.26 Å². The lowest BCUT2D eigenvalue weighted by Crippen LogP contribution is -2.42. The van der Waals surface area contributed by atoms with Gasteiger partial charge in [-0.25, -0.2) is 9.37 Å². The highest BCUT2D eigenvalue weighted by atomic mass is 19.1. The van der Waals surface area contributed by atoms with Gasteiger partial charge in [-0.05, 0) is 25.0 Å². The van der Waals surface area contributed by atoms with E-state index in [1.807, 2.05) is 6.07 Å². The Morgan fingerprint density at radius 1 is 1.55 bits per heavy atom. The van der Waals surface area contributed by atoms with Gasteiger partial charge in [-0.1, -0.05) is 0 Å². The summed E-state index contributed by atoms with van der Waals surface area (Å²) >= 11 is 0. The number of amides is 1. The zero-order valence-corrected chi connectivity index (χ0v) is 12.1. The van der Waals surface area contributed by atoms with Crippen LogP contribution in [-0.2, 0) is 4.79 Å². The van der Waals surface area contributed by atoms with Gasteiger partial charge in [0.15, 0.2) is 0 Å². The summed E-state index contributed by atoms with van der Waals surface area (Å²) in [7, 11) is 0. The van der Waals surface area contributed by atoms with Crippen LogP contribution in [0.2, 0.25) is 0 Å². The van der Waals surface area contributed by atoms with Crippen molar-refractivity contribution in [3.8, 4) is 6.07 Å². The van der Waals surface area contributed by atoms with Gasteiger partial charge in [-0.3, -0.25) is 4.79 Å². The van der Waals surface area contributed by atoms with E-state index in [-0.39, 0.29) is 24.5 Å². The molecule has 2 saturated heterocycles. The Morgan fingerprint density at radius 3 is 3.05 bits per heavy atom. The van der Waals surface area contributed by atoms with Gasteiger partial charge >= 0.3 is 0 Å². The van der Waals surface area contributed by atoms with Gasteiger partial charge in [-0.15, -0.1) is 0 Å². The highest BCUT2D eigenvalue weighted by molar-refractivity contribution is 5.82. The van der Waals surface area contributed by atoms with Crippen LogP contribution in [0.5, 0.6) is 0 Å². The van der Waals surface area contributed by atoms with Crippen LogP contribution in [0.15, 0.2) is 18.3 Å². The maximum Gasteiger partial charge on any atom is 0.239 e. The number of aromatic nitrogens is 1. The first-order chi connectivity index (χ1) is 10.7. The predicted molar refractivity (Wildman–Crippen MR) is 78.9 cm³/mol. The molecular formula is C15H18FN5O. The zero-order chi connectivity index (χ0) is 15.5. The molecule has 0 aliphatic carbocycles. The second-order valence-corrected chi connectivity index (χ2v) is 5.75. The van der Waals surface area contributed by atoms with Crippen LogP contribution < -0.4 is 10.6 Å². The Morgan fingerprint density at radius 2 is 2.41 bits per heavy atom. The van der Waals surface area contributed by atoms with Crippen molar-refractivity contribution in [3.05, 3.63) is 23.9 Å². The van der Waals surface area contributed by atoms with Gasteiger partial charge in [0.25, 0.3) is 0 Å². The average molecular weight is 303 g/mol. The molecule has 0 spiro atoms. The number of carbonyl (C=O) groups excluding carboxylic acids is 1. The molecule has 2 aliphatic rings. The van der Waals surface area contributed by atoms with Crippen LogP contribution in [-0.4, -0.2) is 53.7 Å². The summed E-state index contributed by atoms with van der Waals surface area (Å²) < 4.78 is 13.2. The molecule has 0 radical (unpaired) electrons. The number of alkyl halides is 1. The Kier molecular flexibility index (Phi) is 4.20. The zero-order valence-electron chi connectivity index (χ0n) is 12.1. The third-order valence-corrected chi connectivity index (χ3v) is 4.12. The van der Waals surface area contributed by atoms with Crippen molar-refractivity contribution in [1.82, 2.24) is 15.2 Å². The fourth-order valence-corrected chi connectivity index (χ4v) is 2.93. The second kappa shape index (κ2) is 6.28. The predicted octanol–water partition coefficient (Wildman–Crippen LogP) is 0.666. The van der Waals surface area contributed by atoms with Gasteiger partial charge in [0.1, 0.15) is 18.1 Å². The van der Waals surface area contributed by atoms with Crippen molar-refractivity contribution >= 4 is 11.7 Å². The second-order valence-electron chi connectivity index (χ2n) is 5.75. The quantitative estimate of drug-likeness (QED) is 0.857. The SMILES string of the molecule is N#Cc1ccc(N[C@@H]2CN[C@H](C(=O)N3CCC(F)C3)C2)nc1. The van der Waals surface area contributed by atoms with Crippen molar-refractivity contribution < 1.29 is 9.18 Å². The summed E-state index contributed by atoms with van der Waals surface area (Å²) in [5, 5.41) is 15.2. The van der Waals surface area contributed by atoms with E-state index in [1.54, 1.807) is 17.0 Å². The van der Waals surface area contributed by atoms with E-state index in [2.05, 4.69) is 15.6 Å². The van der Waals surface area contributed by atoms with Crippen molar-refractivity contribution in [2.45, 2.75) is 31.1 Å². The normalized spacial score (nSPS) is 27.6. The molecule has 2 aliphatic heterocycles. The molecule has 6 nitrogen and oxygen atoms in total. The summed E-state index contributed by atoms with van der Waals surface area (Å²) in [6, 6.07) is 5.31. The molecule has 3 atom stereocenters. The third-order valence-electron chi connectivity index (χ3n) is 4.12. The topological polar surface area (TPSA) is 81.0 Å². The lowest BCUT2D eigenvalue weighted by atomic mass is 10.1. The lowest BCUT2D eigenvalue weighted by Gasteiger charge is -2.20. The van der Waals surface area contributed by atoms with Gasteiger partial charge in [0.05, 0.1) is 18.2 Å². The van der Waals surface area contributed by atoms with Crippen LogP contribution in [0.1, 0.15) is 18.4 Å². The molecule has 2 fully saturated rings. The molecule has 3 heterocycles. The first-order valence-corrected chi connectivity index (χ1v) is 7.44. The molecule has 1 aromatic rings. The van der Waals surface area contributed by atoms with Gasteiger partial charge in [0.2, 0.25) is 5.91 Å². The van der Waals surface area contributed by atoms with Crippen LogP contribution in [0.3, 0.4) is 0 Å². The number of pyridine rings is 1. The maximum atomic E-state index is 13.2. The number of halogens is 1. The van der Waals surface area contributed by atoms with E-state index in [0.29, 0.717) is 37.3 Å². The summed E-state index contributed by atoms with van der Waals surface area (Å²) in [6.45, 7) is 1.38. The third kappa shape index (κ3) is 3.17. The number of carbonyl (C=O) groups is 1. The maximum absolute atomic E-state index is 13.2. The van der Waals surface area contributed by atoms with E-state index in [4.69, 9.17) is 5.26 Å². The molecular weight excluding hydrogens is 285 g/mol. The van der Waals surface area contributed by atoms with Crippen molar-refractivity contribution in [3.63, 3.8) is 0 Å². The van der Waals surface area contributed by atoms with Gasteiger partial charge in [-0.2, -0.15) is 5.26 Å². The molecule has 1 amide bonds. The number of rotatable bonds is 3. The van der Waals surface area contributed by atoms with E-state index < -0.39 is 6.17 Å². The monoisotopic (exact) mass is 303 g/mol. The van der Waals surface area contributed by atoms with Crippen LogP contribution in [0, 0.1) is 11.3 Å². The number of nitrogens with zero attached hydrogens (tertiary/aromatic N) is 3. The average Bonchev–Trinajstić information content (AvgIpc) is 3.16. The molecule has 116 valence electrons. The summed E-state index contributed by atoms with van der Waals surface area (Å²) in [5.74, 6) is 0.668. The van der Waals surface area contributed by atoms with E-state index in [0.717, 1.165) is 0 Å². The molecule has 0 bridgehead atoms. The van der Waals surface area contributed by atoms with Crippen LogP contribution in [0.25, 0.3) is 0 Å². The minimum Gasteiger partial charge on any atom is -0.366 e. The number of likely N-dealkylation sites (tertiary alicyclic amines) is 1. The highest BCUT2D eigenvalue weighted by Gasteiger charge is 2.35. The van der Waals surface area contributed by atoms with Crippen LogP contribution >= 0.6 is 0 Å². The largest absolute Gasteiger partial charge is 0.366 e. The molecule has 3 rings (SSSR count). The van der Waals surface area contributed by atoms with E-state index in [9.17, 15) is 9.18 Å². The van der Waals surface area contributed by atoms with E-state index >= 15 is 0 Å². The standard InChI is InChI=1S/C15H18FN5O/c16-11-3-4-21(9-11)15(22)13-5-12(8-18-13)20-14-2-1-10(6-17)7-19-14/h1-2,7,11-13,18H,3-5,8-9H2,(H,19,20)/t11?,12-,13-/m0/s1. The molecule has 2 N–H and O–H groups in total. The van der Waals surface area contributed by atoms with Crippen LogP contribution in [0.4, 0.5) is 10.2 Å². The number of nitrogens with one attached hydrogen (secondary N) is 2. The molecule has 0 saturated carbocycles. The minimum absolute atomic E-state index is 0.0164. The highest BCUT2D eigenvalue weighted by Crippen LogP contribution is 2.18. The lowest BCUT2D eigenvalue weighted by molar-refractivity contribution is -0.132. The fraction of sp³-hybridized carbons (Fsp3) is 0.533. The molecule has 7 heteroatoms. The fourth-order valence-electron chi connectivity index (χ4n) is 2.93. The molecule has 1 unspecified atom stereocenters. The summed E-state index contributed by atoms with van der Waals surface area (Å²) in [4.78, 5) is 18.1. The molecule has 1 aromatic heterocycles. The van der Waals surface area contributed by atoms with E-state index in [1.165, 1.54) is 6.20 Å². The number of anilines is 1. The first kappa shape index (κ1) is 14.7. The van der Waals surface area contributed by atoms with Gasteiger partial charge < -0.3 is 15.5 Å². The molecule has 22 heavy (non-hydrogen) atoms. The number of hydrogen-bond donors (Lipinski definition) is 2. The Bertz CT molecular complexity index is 585. The van der Waals surface area contributed by atoms with Crippen molar-refractivity contribution in [2.75, 3.05) is 25.0 Å². The summed E-state index contributed by atoms with van der Waals surface area (Å²) in [5.41, 5.74) is 0.512. The van der Waals surface area contributed by atoms with Crippen molar-refractivity contribution in [2.24, 2.45) is 0 Å².